The minimum atomic E-state index is -0.192. The highest BCUT2D eigenvalue weighted by atomic mass is 16.5. The van der Waals surface area contributed by atoms with Crippen LogP contribution in [-0.4, -0.2) is 49.7 Å². The van der Waals surface area contributed by atoms with Gasteiger partial charge < -0.3 is 10.1 Å². The van der Waals surface area contributed by atoms with Crippen molar-refractivity contribution in [1.29, 1.82) is 0 Å². The minimum absolute atomic E-state index is 0.135. The number of esters is 1. The fraction of sp³-hybridized carbons (Fsp3) is 0.562. The van der Waals surface area contributed by atoms with Gasteiger partial charge in [-0.1, -0.05) is 29.9 Å². The maximum atomic E-state index is 12.0. The normalized spacial score (nSPS) is 21.1. The van der Waals surface area contributed by atoms with Gasteiger partial charge in [0, 0.05) is 26.2 Å². The SMILES string of the molecule is C=CC/C(=C\C=C/C)CN1CCNCC1C(=O)OCC. The Balaban J connectivity index is 2.73. The van der Waals surface area contributed by atoms with Crippen LogP contribution in [0.5, 0.6) is 0 Å². The summed E-state index contributed by atoms with van der Waals surface area (Å²) in [7, 11) is 0. The molecule has 1 N–H and O–H groups in total. The summed E-state index contributed by atoms with van der Waals surface area (Å²) in [5.41, 5.74) is 1.26. The molecular weight excluding hydrogens is 252 g/mol. The third-order valence-corrected chi connectivity index (χ3v) is 3.25. The van der Waals surface area contributed by atoms with Gasteiger partial charge in [-0.25, -0.2) is 0 Å². The topological polar surface area (TPSA) is 41.6 Å². The second kappa shape index (κ2) is 9.50. The third-order valence-electron chi connectivity index (χ3n) is 3.25. The van der Waals surface area contributed by atoms with Crippen molar-refractivity contribution in [3.8, 4) is 0 Å². The van der Waals surface area contributed by atoms with E-state index in [4.69, 9.17) is 4.74 Å². The molecule has 0 aliphatic carbocycles. The molecule has 0 saturated carbocycles. The van der Waals surface area contributed by atoms with E-state index in [9.17, 15) is 4.79 Å². The van der Waals surface area contributed by atoms with Crippen LogP contribution >= 0.6 is 0 Å². The van der Waals surface area contributed by atoms with E-state index < -0.39 is 0 Å². The number of carbonyl (C=O) groups is 1. The number of ether oxygens (including phenoxy) is 1. The molecule has 20 heavy (non-hydrogen) atoms. The molecular formula is C16H26N2O2. The van der Waals surface area contributed by atoms with E-state index in [1.165, 1.54) is 5.57 Å². The summed E-state index contributed by atoms with van der Waals surface area (Å²) in [6.45, 7) is 11.3. The lowest BCUT2D eigenvalue weighted by atomic mass is 10.1. The number of hydrogen-bond donors (Lipinski definition) is 1. The Labute approximate surface area is 122 Å². The summed E-state index contributed by atoms with van der Waals surface area (Å²) in [5.74, 6) is -0.135. The molecule has 1 saturated heterocycles. The van der Waals surface area contributed by atoms with Gasteiger partial charge in [-0.2, -0.15) is 0 Å². The average molecular weight is 278 g/mol. The molecule has 1 fully saturated rings. The van der Waals surface area contributed by atoms with Crippen LogP contribution in [0.1, 0.15) is 20.3 Å². The molecule has 0 aromatic carbocycles. The number of hydrogen-bond acceptors (Lipinski definition) is 4. The van der Waals surface area contributed by atoms with E-state index in [0.717, 1.165) is 26.1 Å². The third kappa shape index (κ3) is 5.31. The van der Waals surface area contributed by atoms with Crippen molar-refractivity contribution < 1.29 is 9.53 Å². The number of carbonyl (C=O) groups excluding carboxylic acids is 1. The van der Waals surface area contributed by atoms with Crippen LogP contribution in [0, 0.1) is 0 Å². The van der Waals surface area contributed by atoms with Crippen LogP contribution in [0.2, 0.25) is 0 Å². The van der Waals surface area contributed by atoms with Crippen molar-refractivity contribution in [2.75, 3.05) is 32.8 Å². The van der Waals surface area contributed by atoms with E-state index in [-0.39, 0.29) is 12.0 Å². The Hall–Kier alpha value is -1.39. The molecule has 0 bridgehead atoms. The van der Waals surface area contributed by atoms with E-state index in [1.807, 2.05) is 32.1 Å². The second-order valence-corrected chi connectivity index (χ2v) is 4.79. The van der Waals surface area contributed by atoms with Crippen LogP contribution in [-0.2, 0) is 9.53 Å². The molecule has 1 aliphatic heterocycles. The van der Waals surface area contributed by atoms with E-state index in [1.54, 1.807) is 0 Å². The lowest BCUT2D eigenvalue weighted by Crippen LogP contribution is -2.55. The first kappa shape index (κ1) is 16.7. The van der Waals surface area contributed by atoms with Crippen molar-refractivity contribution in [1.82, 2.24) is 10.2 Å². The molecule has 1 rings (SSSR count). The van der Waals surface area contributed by atoms with Gasteiger partial charge in [-0.3, -0.25) is 9.69 Å². The average Bonchev–Trinajstić information content (AvgIpc) is 2.46. The largest absolute Gasteiger partial charge is 0.465 e. The van der Waals surface area contributed by atoms with Crippen LogP contribution < -0.4 is 5.32 Å². The van der Waals surface area contributed by atoms with Gasteiger partial charge in [-0.05, 0) is 20.3 Å². The van der Waals surface area contributed by atoms with E-state index in [0.29, 0.717) is 13.2 Å². The number of rotatable bonds is 7. The summed E-state index contributed by atoms with van der Waals surface area (Å²) in [5, 5.41) is 3.26. The molecule has 0 aromatic heterocycles. The first-order valence-electron chi connectivity index (χ1n) is 7.26. The molecule has 112 valence electrons. The lowest BCUT2D eigenvalue weighted by molar-refractivity contribution is -0.150. The number of piperazine rings is 1. The molecule has 1 atom stereocenters. The number of allylic oxidation sites excluding steroid dienone is 4. The van der Waals surface area contributed by atoms with Crippen LogP contribution in [0.4, 0.5) is 0 Å². The maximum absolute atomic E-state index is 12.0. The predicted molar refractivity (Wildman–Crippen MR) is 82.6 cm³/mol. The Bertz CT molecular complexity index is 375. The summed E-state index contributed by atoms with van der Waals surface area (Å²) >= 11 is 0. The molecule has 0 radical (unpaired) electrons. The molecule has 1 heterocycles. The van der Waals surface area contributed by atoms with E-state index in [2.05, 4.69) is 22.9 Å². The fourth-order valence-electron chi connectivity index (χ4n) is 2.27. The number of nitrogens with zero attached hydrogens (tertiary/aromatic N) is 1. The molecule has 0 amide bonds. The molecule has 4 nitrogen and oxygen atoms in total. The van der Waals surface area contributed by atoms with Gasteiger partial charge in [-0.15, -0.1) is 6.58 Å². The highest BCUT2D eigenvalue weighted by molar-refractivity contribution is 5.76. The second-order valence-electron chi connectivity index (χ2n) is 4.79. The van der Waals surface area contributed by atoms with Crippen LogP contribution in [0.3, 0.4) is 0 Å². The van der Waals surface area contributed by atoms with Crippen molar-refractivity contribution in [3.63, 3.8) is 0 Å². The number of nitrogens with one attached hydrogen (secondary N) is 1. The first-order valence-corrected chi connectivity index (χ1v) is 7.26. The predicted octanol–water partition coefficient (Wildman–Crippen LogP) is 1.90. The molecule has 1 unspecified atom stereocenters. The fourth-order valence-corrected chi connectivity index (χ4v) is 2.27. The van der Waals surface area contributed by atoms with E-state index >= 15 is 0 Å². The Morgan fingerprint density at radius 1 is 1.55 bits per heavy atom. The quantitative estimate of drug-likeness (QED) is 0.439. The Morgan fingerprint density at radius 2 is 2.35 bits per heavy atom. The molecule has 4 heteroatoms. The van der Waals surface area contributed by atoms with Crippen LogP contribution in [0.15, 0.2) is 36.5 Å². The van der Waals surface area contributed by atoms with Crippen molar-refractivity contribution >= 4 is 5.97 Å². The summed E-state index contributed by atoms with van der Waals surface area (Å²) < 4.78 is 5.16. The standard InChI is InChI=1S/C16H26N2O2/c1-4-7-9-14(8-5-2)13-18-11-10-17-12-15(18)16(19)20-6-3/h4-5,7,9,15,17H,2,6,8,10-13H2,1,3H3/b7-4-,14-9+. The van der Waals surface area contributed by atoms with Gasteiger partial charge in [0.05, 0.1) is 6.61 Å². The molecule has 0 aromatic rings. The monoisotopic (exact) mass is 278 g/mol. The Morgan fingerprint density at radius 3 is 3.00 bits per heavy atom. The maximum Gasteiger partial charge on any atom is 0.324 e. The zero-order valence-corrected chi connectivity index (χ0v) is 12.6. The van der Waals surface area contributed by atoms with Gasteiger partial charge in [0.2, 0.25) is 0 Å². The smallest absolute Gasteiger partial charge is 0.324 e. The van der Waals surface area contributed by atoms with Gasteiger partial charge in [0.1, 0.15) is 6.04 Å². The van der Waals surface area contributed by atoms with Crippen LogP contribution in [0.25, 0.3) is 0 Å². The van der Waals surface area contributed by atoms with Gasteiger partial charge in [0.15, 0.2) is 0 Å². The first-order chi connectivity index (χ1) is 9.72. The van der Waals surface area contributed by atoms with Crippen molar-refractivity contribution in [2.24, 2.45) is 0 Å². The molecule has 0 spiro atoms. The lowest BCUT2D eigenvalue weighted by Gasteiger charge is -2.34. The molecule has 1 aliphatic rings. The minimum Gasteiger partial charge on any atom is -0.465 e. The van der Waals surface area contributed by atoms with Crippen molar-refractivity contribution in [3.05, 3.63) is 36.5 Å². The van der Waals surface area contributed by atoms with Gasteiger partial charge >= 0.3 is 5.97 Å². The summed E-state index contributed by atoms with van der Waals surface area (Å²) in [6.07, 6.45) is 8.87. The highest BCUT2D eigenvalue weighted by Crippen LogP contribution is 2.12. The van der Waals surface area contributed by atoms with Gasteiger partial charge in [0.25, 0.3) is 0 Å². The zero-order valence-electron chi connectivity index (χ0n) is 12.6. The summed E-state index contributed by atoms with van der Waals surface area (Å²) in [4.78, 5) is 14.2. The Kier molecular flexibility index (Phi) is 7.92. The zero-order chi connectivity index (χ0) is 14.8. The van der Waals surface area contributed by atoms with Crippen molar-refractivity contribution in [2.45, 2.75) is 26.3 Å². The highest BCUT2D eigenvalue weighted by Gasteiger charge is 2.29. The summed E-state index contributed by atoms with van der Waals surface area (Å²) in [6, 6.07) is -0.192.